The first-order valence-electron chi connectivity index (χ1n) is 7.05. The van der Waals surface area contributed by atoms with Gasteiger partial charge in [0.05, 0.1) is 4.88 Å². The lowest BCUT2D eigenvalue weighted by Crippen LogP contribution is -2.31. The predicted octanol–water partition coefficient (Wildman–Crippen LogP) is 1.41. The monoisotopic (exact) mass is 331 g/mol. The van der Waals surface area contributed by atoms with Crippen molar-refractivity contribution in [3.05, 3.63) is 22.4 Å². The Morgan fingerprint density at radius 3 is 2.86 bits per heavy atom. The van der Waals surface area contributed by atoms with E-state index in [1.165, 1.54) is 17.8 Å². The maximum atomic E-state index is 11.6. The number of amides is 2. The summed E-state index contributed by atoms with van der Waals surface area (Å²) in [6, 6.07) is 3.61. The fraction of sp³-hybridized carbons (Fsp3) is 0.571. The van der Waals surface area contributed by atoms with Gasteiger partial charge < -0.3 is 16.0 Å². The molecule has 3 N–H and O–H groups in total. The Kier molecular flexibility index (Phi) is 8.34. The van der Waals surface area contributed by atoms with Gasteiger partial charge in [-0.05, 0) is 43.3 Å². The van der Waals surface area contributed by atoms with Crippen molar-refractivity contribution in [2.75, 3.05) is 26.2 Å². The van der Waals surface area contributed by atoms with Crippen LogP contribution in [0.4, 0.5) is 0 Å². The molecule has 5 nitrogen and oxygen atoms in total. The van der Waals surface area contributed by atoms with Gasteiger partial charge in [0.1, 0.15) is 0 Å². The zero-order chi connectivity index (χ0) is 14.2. The van der Waals surface area contributed by atoms with Crippen molar-refractivity contribution in [1.29, 1.82) is 0 Å². The first-order valence-corrected chi connectivity index (χ1v) is 7.93. The number of carbonyl (C=O) groups excluding carboxylic acids is 2. The first-order chi connectivity index (χ1) is 9.75. The maximum Gasteiger partial charge on any atom is 0.261 e. The van der Waals surface area contributed by atoms with Gasteiger partial charge in [0.2, 0.25) is 5.91 Å². The van der Waals surface area contributed by atoms with Gasteiger partial charge in [-0.2, -0.15) is 0 Å². The molecule has 1 aliphatic heterocycles. The summed E-state index contributed by atoms with van der Waals surface area (Å²) < 4.78 is 0. The second kappa shape index (κ2) is 9.76. The summed E-state index contributed by atoms with van der Waals surface area (Å²) in [6.45, 7) is 3.26. The minimum absolute atomic E-state index is 0. The number of hydrogen-bond donors (Lipinski definition) is 3. The van der Waals surface area contributed by atoms with Crippen LogP contribution in [0.2, 0.25) is 0 Å². The second-order valence-corrected chi connectivity index (χ2v) is 5.93. The van der Waals surface area contributed by atoms with Crippen LogP contribution in [0, 0.1) is 5.92 Å². The van der Waals surface area contributed by atoms with Crippen LogP contribution < -0.4 is 16.0 Å². The molecule has 21 heavy (non-hydrogen) atoms. The number of nitrogens with one attached hydrogen (secondary N) is 3. The summed E-state index contributed by atoms with van der Waals surface area (Å²) in [5, 5.41) is 10.8. The van der Waals surface area contributed by atoms with Gasteiger partial charge in [-0.1, -0.05) is 6.07 Å². The largest absolute Gasteiger partial charge is 0.356 e. The van der Waals surface area contributed by atoms with Crippen LogP contribution in [0.1, 0.15) is 28.9 Å². The van der Waals surface area contributed by atoms with Crippen LogP contribution in [-0.2, 0) is 4.79 Å². The van der Waals surface area contributed by atoms with Crippen molar-refractivity contribution in [2.45, 2.75) is 19.3 Å². The SMILES string of the molecule is Cl.O=C(CCNC(=O)c1cccs1)NCCC1CCNC1. The van der Waals surface area contributed by atoms with E-state index in [2.05, 4.69) is 16.0 Å². The van der Waals surface area contributed by atoms with Gasteiger partial charge in [0.15, 0.2) is 0 Å². The Balaban J connectivity index is 0.00000220. The third kappa shape index (κ3) is 6.46. The molecule has 1 unspecified atom stereocenters. The molecule has 2 amide bonds. The quantitative estimate of drug-likeness (QED) is 0.707. The third-order valence-electron chi connectivity index (χ3n) is 3.42. The lowest BCUT2D eigenvalue weighted by molar-refractivity contribution is -0.120. The van der Waals surface area contributed by atoms with E-state index in [1.54, 1.807) is 6.07 Å². The fourth-order valence-corrected chi connectivity index (χ4v) is 2.89. The molecule has 0 bridgehead atoms. The second-order valence-electron chi connectivity index (χ2n) is 4.98. The van der Waals surface area contributed by atoms with Crippen molar-refractivity contribution in [1.82, 2.24) is 16.0 Å². The first kappa shape index (κ1) is 17.9. The summed E-state index contributed by atoms with van der Waals surface area (Å²) >= 11 is 1.40. The Morgan fingerprint density at radius 2 is 2.19 bits per heavy atom. The molecule has 0 spiro atoms. The molecular weight excluding hydrogens is 310 g/mol. The lowest BCUT2D eigenvalue weighted by atomic mass is 10.1. The molecule has 2 rings (SSSR count). The zero-order valence-electron chi connectivity index (χ0n) is 11.9. The van der Waals surface area contributed by atoms with Gasteiger partial charge >= 0.3 is 0 Å². The fourth-order valence-electron chi connectivity index (χ4n) is 2.25. The highest BCUT2D eigenvalue weighted by Gasteiger charge is 2.14. The minimum atomic E-state index is -0.107. The van der Waals surface area contributed by atoms with Crippen LogP contribution in [0.3, 0.4) is 0 Å². The van der Waals surface area contributed by atoms with E-state index in [9.17, 15) is 9.59 Å². The van der Waals surface area contributed by atoms with Gasteiger partial charge in [-0.25, -0.2) is 0 Å². The zero-order valence-corrected chi connectivity index (χ0v) is 13.5. The Hall–Kier alpha value is -1.11. The van der Waals surface area contributed by atoms with E-state index in [0.717, 1.165) is 26.1 Å². The van der Waals surface area contributed by atoms with Crippen LogP contribution in [0.5, 0.6) is 0 Å². The van der Waals surface area contributed by atoms with Crippen LogP contribution >= 0.6 is 23.7 Å². The molecule has 1 saturated heterocycles. The predicted molar refractivity (Wildman–Crippen MR) is 87.1 cm³/mol. The molecule has 7 heteroatoms. The van der Waals surface area contributed by atoms with E-state index < -0.39 is 0 Å². The maximum absolute atomic E-state index is 11.6. The Labute approximate surface area is 135 Å². The molecule has 0 aliphatic carbocycles. The average molecular weight is 332 g/mol. The molecule has 118 valence electrons. The summed E-state index contributed by atoms with van der Waals surface area (Å²) in [4.78, 5) is 23.9. The van der Waals surface area contributed by atoms with Gasteiger partial charge in [0, 0.05) is 19.5 Å². The summed E-state index contributed by atoms with van der Waals surface area (Å²) in [7, 11) is 0. The number of hydrogen-bond acceptors (Lipinski definition) is 4. The summed E-state index contributed by atoms with van der Waals surface area (Å²) in [5.41, 5.74) is 0. The van der Waals surface area contributed by atoms with Crippen molar-refractivity contribution < 1.29 is 9.59 Å². The molecule has 0 aromatic carbocycles. The van der Waals surface area contributed by atoms with E-state index in [4.69, 9.17) is 0 Å². The highest BCUT2D eigenvalue weighted by molar-refractivity contribution is 7.12. The molecule has 0 saturated carbocycles. The van der Waals surface area contributed by atoms with E-state index in [-0.39, 0.29) is 24.2 Å². The standard InChI is InChI=1S/C14H21N3O2S.ClH/c18-13(16-7-4-11-3-6-15-10-11)5-8-17-14(19)12-2-1-9-20-12;/h1-2,9,11,15H,3-8,10H2,(H,16,18)(H,17,19);1H. The number of thiophene rings is 1. The minimum Gasteiger partial charge on any atom is -0.356 e. The molecule has 2 heterocycles. The van der Waals surface area contributed by atoms with E-state index in [0.29, 0.717) is 23.8 Å². The normalized spacial score (nSPS) is 17.0. The molecule has 1 fully saturated rings. The number of carbonyl (C=O) groups is 2. The summed E-state index contributed by atoms with van der Waals surface area (Å²) in [5.74, 6) is 0.584. The van der Waals surface area contributed by atoms with Crippen molar-refractivity contribution in [3.8, 4) is 0 Å². The molecule has 1 aliphatic rings. The molecule has 1 aromatic rings. The number of halogens is 1. The Morgan fingerprint density at radius 1 is 1.33 bits per heavy atom. The van der Waals surface area contributed by atoms with Crippen LogP contribution in [0.15, 0.2) is 17.5 Å². The third-order valence-corrected chi connectivity index (χ3v) is 4.29. The highest BCUT2D eigenvalue weighted by atomic mass is 35.5. The van der Waals surface area contributed by atoms with Crippen molar-refractivity contribution in [2.24, 2.45) is 5.92 Å². The topological polar surface area (TPSA) is 70.2 Å². The van der Waals surface area contributed by atoms with E-state index in [1.807, 2.05) is 11.4 Å². The van der Waals surface area contributed by atoms with Crippen molar-refractivity contribution in [3.63, 3.8) is 0 Å². The number of rotatable bonds is 7. The highest BCUT2D eigenvalue weighted by Crippen LogP contribution is 2.10. The van der Waals surface area contributed by atoms with Crippen LogP contribution in [0.25, 0.3) is 0 Å². The molecule has 1 aromatic heterocycles. The average Bonchev–Trinajstić information content (AvgIpc) is 3.12. The molecule has 1 atom stereocenters. The molecular formula is C14H22ClN3O2S. The lowest BCUT2D eigenvalue weighted by Gasteiger charge is -2.09. The van der Waals surface area contributed by atoms with Crippen molar-refractivity contribution >= 4 is 35.6 Å². The van der Waals surface area contributed by atoms with E-state index >= 15 is 0 Å². The smallest absolute Gasteiger partial charge is 0.261 e. The Bertz CT molecular complexity index is 433. The summed E-state index contributed by atoms with van der Waals surface area (Å²) in [6.07, 6.45) is 2.56. The van der Waals surface area contributed by atoms with Gasteiger partial charge in [-0.15, -0.1) is 23.7 Å². The molecule has 0 radical (unpaired) electrons. The van der Waals surface area contributed by atoms with Gasteiger partial charge in [-0.3, -0.25) is 9.59 Å². The van der Waals surface area contributed by atoms with Crippen LogP contribution in [-0.4, -0.2) is 38.0 Å². The van der Waals surface area contributed by atoms with Gasteiger partial charge in [0.25, 0.3) is 5.91 Å².